The van der Waals surface area contributed by atoms with E-state index in [9.17, 15) is 0 Å². The summed E-state index contributed by atoms with van der Waals surface area (Å²) in [6, 6.07) is 16.4. The van der Waals surface area contributed by atoms with Gasteiger partial charge in [-0.3, -0.25) is 0 Å². The van der Waals surface area contributed by atoms with Crippen molar-refractivity contribution in [3.63, 3.8) is 0 Å². The summed E-state index contributed by atoms with van der Waals surface area (Å²) < 4.78 is 5.96. The molecule has 19 heavy (non-hydrogen) atoms. The second-order valence-electron chi connectivity index (χ2n) is 4.98. The zero-order chi connectivity index (χ0) is 13.7. The van der Waals surface area contributed by atoms with Crippen molar-refractivity contribution >= 4 is 6.08 Å². The van der Waals surface area contributed by atoms with E-state index in [1.165, 1.54) is 22.3 Å². The van der Waals surface area contributed by atoms with Crippen molar-refractivity contribution in [3.05, 3.63) is 70.8 Å². The fourth-order valence-electron chi connectivity index (χ4n) is 1.99. The summed E-state index contributed by atoms with van der Waals surface area (Å²) in [5, 5.41) is 0. The van der Waals surface area contributed by atoms with Gasteiger partial charge in [-0.05, 0) is 38.0 Å². The van der Waals surface area contributed by atoms with Crippen molar-refractivity contribution in [2.45, 2.75) is 27.4 Å². The molecule has 0 N–H and O–H groups in total. The van der Waals surface area contributed by atoms with Crippen LogP contribution in [0.4, 0.5) is 0 Å². The Morgan fingerprint density at radius 2 is 1.74 bits per heavy atom. The molecule has 0 aliphatic carbocycles. The minimum atomic E-state index is 0.605. The number of hydrogen-bond donors (Lipinski definition) is 0. The molecule has 0 heterocycles. The molecule has 0 bridgehead atoms. The Labute approximate surface area is 115 Å². The van der Waals surface area contributed by atoms with Crippen LogP contribution < -0.4 is 4.74 Å². The van der Waals surface area contributed by atoms with Gasteiger partial charge >= 0.3 is 0 Å². The summed E-state index contributed by atoms with van der Waals surface area (Å²) in [6.45, 7) is 6.93. The van der Waals surface area contributed by atoms with Gasteiger partial charge in [-0.2, -0.15) is 0 Å². The Bertz CT molecular complexity index is 563. The van der Waals surface area contributed by atoms with Crippen LogP contribution in [0, 0.1) is 6.92 Å². The average Bonchev–Trinajstić information content (AvgIpc) is 2.40. The molecule has 0 saturated heterocycles. The van der Waals surface area contributed by atoms with Gasteiger partial charge in [0.15, 0.2) is 0 Å². The van der Waals surface area contributed by atoms with Crippen LogP contribution in [0.3, 0.4) is 0 Å². The standard InChI is InChI=1S/C18H20O/c1-14(2)12-17-15(3)8-7-11-18(17)19-13-16-9-5-4-6-10-16/h4-12H,13H2,1-3H3. The molecule has 0 radical (unpaired) electrons. The summed E-state index contributed by atoms with van der Waals surface area (Å²) in [4.78, 5) is 0. The summed E-state index contributed by atoms with van der Waals surface area (Å²) in [5.74, 6) is 0.949. The third kappa shape index (κ3) is 3.72. The normalized spacial score (nSPS) is 10.1. The maximum absolute atomic E-state index is 5.96. The highest BCUT2D eigenvalue weighted by Gasteiger charge is 2.04. The van der Waals surface area contributed by atoms with Crippen LogP contribution in [0.5, 0.6) is 5.75 Å². The molecule has 0 atom stereocenters. The number of rotatable bonds is 4. The highest BCUT2D eigenvalue weighted by Crippen LogP contribution is 2.25. The van der Waals surface area contributed by atoms with E-state index in [1.54, 1.807) is 0 Å². The maximum Gasteiger partial charge on any atom is 0.127 e. The molecule has 2 aromatic rings. The SMILES string of the molecule is CC(C)=Cc1c(C)cccc1OCc1ccccc1. The topological polar surface area (TPSA) is 9.23 Å². The monoisotopic (exact) mass is 252 g/mol. The fraction of sp³-hybridized carbons (Fsp3) is 0.222. The van der Waals surface area contributed by atoms with E-state index in [1.807, 2.05) is 30.3 Å². The molecule has 0 spiro atoms. The van der Waals surface area contributed by atoms with Crippen molar-refractivity contribution in [1.29, 1.82) is 0 Å². The van der Waals surface area contributed by atoms with Gasteiger partial charge < -0.3 is 4.74 Å². The Hall–Kier alpha value is -2.02. The molecule has 0 aliphatic rings. The Balaban J connectivity index is 2.21. The first kappa shape index (κ1) is 13.4. The minimum Gasteiger partial charge on any atom is -0.488 e. The fourth-order valence-corrected chi connectivity index (χ4v) is 1.99. The van der Waals surface area contributed by atoms with Crippen LogP contribution in [-0.4, -0.2) is 0 Å². The lowest BCUT2D eigenvalue weighted by atomic mass is 10.1. The van der Waals surface area contributed by atoms with Crippen molar-refractivity contribution in [2.24, 2.45) is 0 Å². The Kier molecular flexibility index (Phi) is 4.40. The lowest BCUT2D eigenvalue weighted by Crippen LogP contribution is -1.98. The maximum atomic E-state index is 5.96. The number of allylic oxidation sites excluding steroid dienone is 1. The van der Waals surface area contributed by atoms with Gasteiger partial charge in [-0.25, -0.2) is 0 Å². The largest absolute Gasteiger partial charge is 0.488 e. The first-order chi connectivity index (χ1) is 9.16. The molecule has 1 nitrogen and oxygen atoms in total. The quantitative estimate of drug-likeness (QED) is 0.744. The van der Waals surface area contributed by atoms with Gasteiger partial charge in [0.2, 0.25) is 0 Å². The highest BCUT2D eigenvalue weighted by atomic mass is 16.5. The number of aryl methyl sites for hydroxylation is 1. The summed E-state index contributed by atoms with van der Waals surface area (Å²) in [6.07, 6.45) is 2.18. The van der Waals surface area contributed by atoms with E-state index in [2.05, 4.69) is 45.0 Å². The van der Waals surface area contributed by atoms with Gasteiger partial charge in [-0.15, -0.1) is 0 Å². The number of ether oxygens (including phenoxy) is 1. The van der Waals surface area contributed by atoms with E-state index < -0.39 is 0 Å². The van der Waals surface area contributed by atoms with Crippen molar-refractivity contribution < 1.29 is 4.74 Å². The zero-order valence-corrected chi connectivity index (χ0v) is 11.8. The van der Waals surface area contributed by atoms with Gasteiger partial charge in [0.05, 0.1) is 0 Å². The molecule has 98 valence electrons. The summed E-state index contributed by atoms with van der Waals surface area (Å²) >= 11 is 0. The molecule has 2 aromatic carbocycles. The molecule has 0 unspecified atom stereocenters. The second kappa shape index (κ2) is 6.24. The van der Waals surface area contributed by atoms with E-state index in [0.717, 1.165) is 5.75 Å². The van der Waals surface area contributed by atoms with Crippen LogP contribution >= 0.6 is 0 Å². The number of benzene rings is 2. The van der Waals surface area contributed by atoms with Crippen LogP contribution in [0.2, 0.25) is 0 Å². The summed E-state index contributed by atoms with van der Waals surface area (Å²) in [5.41, 5.74) is 4.89. The first-order valence-corrected chi connectivity index (χ1v) is 6.58. The third-order valence-electron chi connectivity index (χ3n) is 2.95. The Morgan fingerprint density at radius 3 is 2.42 bits per heavy atom. The average molecular weight is 252 g/mol. The van der Waals surface area contributed by atoms with Crippen molar-refractivity contribution in [2.75, 3.05) is 0 Å². The second-order valence-corrected chi connectivity index (χ2v) is 4.98. The van der Waals surface area contributed by atoms with Gasteiger partial charge in [0.25, 0.3) is 0 Å². The molecule has 0 aliphatic heterocycles. The highest BCUT2D eigenvalue weighted by molar-refractivity contribution is 5.62. The summed E-state index contributed by atoms with van der Waals surface area (Å²) in [7, 11) is 0. The molecular formula is C18H20O. The van der Waals surface area contributed by atoms with Crippen LogP contribution in [0.1, 0.15) is 30.5 Å². The van der Waals surface area contributed by atoms with Crippen molar-refractivity contribution in [1.82, 2.24) is 0 Å². The zero-order valence-electron chi connectivity index (χ0n) is 11.8. The van der Waals surface area contributed by atoms with Crippen LogP contribution in [-0.2, 0) is 6.61 Å². The smallest absolute Gasteiger partial charge is 0.127 e. The van der Waals surface area contributed by atoms with Gasteiger partial charge in [0.1, 0.15) is 12.4 Å². The molecule has 2 rings (SSSR count). The molecular weight excluding hydrogens is 232 g/mol. The molecule has 0 aromatic heterocycles. The molecule has 0 saturated carbocycles. The van der Waals surface area contributed by atoms with E-state index in [4.69, 9.17) is 4.74 Å². The van der Waals surface area contributed by atoms with E-state index in [0.29, 0.717) is 6.61 Å². The predicted octanol–water partition coefficient (Wildman–Crippen LogP) is 5.00. The lowest BCUT2D eigenvalue weighted by Gasteiger charge is -2.12. The predicted molar refractivity (Wildman–Crippen MR) is 81.3 cm³/mol. The molecule has 0 fully saturated rings. The van der Waals surface area contributed by atoms with Crippen LogP contribution in [0.25, 0.3) is 6.08 Å². The van der Waals surface area contributed by atoms with Gasteiger partial charge in [-0.1, -0.05) is 54.1 Å². The molecule has 0 amide bonds. The first-order valence-electron chi connectivity index (χ1n) is 6.58. The third-order valence-corrected chi connectivity index (χ3v) is 2.95. The van der Waals surface area contributed by atoms with Crippen LogP contribution in [0.15, 0.2) is 54.1 Å². The number of hydrogen-bond acceptors (Lipinski definition) is 1. The minimum absolute atomic E-state index is 0.605. The van der Waals surface area contributed by atoms with E-state index in [-0.39, 0.29) is 0 Å². The van der Waals surface area contributed by atoms with Crippen molar-refractivity contribution in [3.8, 4) is 5.75 Å². The lowest BCUT2D eigenvalue weighted by molar-refractivity contribution is 0.305. The van der Waals surface area contributed by atoms with Gasteiger partial charge in [0, 0.05) is 5.56 Å². The molecule has 1 heteroatoms. The van der Waals surface area contributed by atoms with E-state index >= 15 is 0 Å². The Morgan fingerprint density at radius 1 is 1.00 bits per heavy atom.